The Hall–Kier alpha value is -2.64. The number of hydrogen-bond acceptors (Lipinski definition) is 5. The molecule has 1 aromatic heterocycles. The van der Waals surface area contributed by atoms with E-state index in [-0.39, 0.29) is 11.5 Å². The standard InChI is InChI=1S/C17H11NO4S2/c19-15-14(5-1-3-13-4-2-10-22-13)24-17(23)18(15)12-8-6-11(7-9-12)16(20)21/h1-10H,(H,20,21). The molecule has 1 aliphatic rings. The molecule has 0 saturated carbocycles. The first-order valence-electron chi connectivity index (χ1n) is 6.88. The number of furan rings is 1. The number of thiocarbonyl (C=S) groups is 1. The minimum absolute atomic E-state index is 0.154. The van der Waals surface area contributed by atoms with Gasteiger partial charge in [-0.2, -0.15) is 0 Å². The summed E-state index contributed by atoms with van der Waals surface area (Å²) in [4.78, 5) is 25.3. The van der Waals surface area contributed by atoms with Crippen molar-refractivity contribution in [3.8, 4) is 0 Å². The zero-order chi connectivity index (χ0) is 17.1. The summed E-state index contributed by atoms with van der Waals surface area (Å²) in [5.74, 6) is -0.571. The van der Waals surface area contributed by atoms with Crippen LogP contribution in [-0.4, -0.2) is 21.3 Å². The van der Waals surface area contributed by atoms with Gasteiger partial charge < -0.3 is 9.52 Å². The number of carbonyl (C=O) groups excluding carboxylic acids is 1. The Kier molecular flexibility index (Phi) is 4.64. The number of aromatic carboxylic acids is 1. The van der Waals surface area contributed by atoms with Crippen LogP contribution in [0.3, 0.4) is 0 Å². The molecule has 0 bridgehead atoms. The number of carboxylic acids is 1. The SMILES string of the molecule is O=C(O)c1ccc(N2C(=O)C(=CC=Cc3ccco3)SC2=S)cc1. The molecule has 0 aliphatic carbocycles. The molecule has 2 heterocycles. The van der Waals surface area contributed by atoms with Crippen molar-refractivity contribution in [2.24, 2.45) is 0 Å². The van der Waals surface area contributed by atoms with Crippen LogP contribution in [0, 0.1) is 0 Å². The zero-order valence-electron chi connectivity index (χ0n) is 12.2. The number of rotatable bonds is 4. The van der Waals surface area contributed by atoms with Crippen LogP contribution in [-0.2, 0) is 4.79 Å². The second kappa shape index (κ2) is 6.86. The average molecular weight is 357 g/mol. The normalized spacial score (nSPS) is 16.5. The van der Waals surface area contributed by atoms with Gasteiger partial charge in [-0.15, -0.1) is 0 Å². The summed E-state index contributed by atoms with van der Waals surface area (Å²) in [5.41, 5.74) is 0.696. The zero-order valence-corrected chi connectivity index (χ0v) is 13.8. The number of hydrogen-bond donors (Lipinski definition) is 1. The maximum atomic E-state index is 12.5. The van der Waals surface area contributed by atoms with Gasteiger partial charge in [0.2, 0.25) is 0 Å². The van der Waals surface area contributed by atoms with Crippen LogP contribution in [0.4, 0.5) is 5.69 Å². The van der Waals surface area contributed by atoms with Crippen molar-refractivity contribution in [2.45, 2.75) is 0 Å². The molecule has 1 amide bonds. The number of thioether (sulfide) groups is 1. The maximum Gasteiger partial charge on any atom is 0.335 e. The highest BCUT2D eigenvalue weighted by atomic mass is 32.2. The third-order valence-corrected chi connectivity index (χ3v) is 4.54. The molecular formula is C17H11NO4S2. The molecule has 0 atom stereocenters. The smallest absolute Gasteiger partial charge is 0.335 e. The van der Waals surface area contributed by atoms with E-state index in [1.165, 1.54) is 28.8 Å². The number of nitrogens with zero attached hydrogens (tertiary/aromatic N) is 1. The maximum absolute atomic E-state index is 12.5. The van der Waals surface area contributed by atoms with E-state index in [0.29, 0.717) is 20.7 Å². The molecule has 1 saturated heterocycles. The summed E-state index contributed by atoms with van der Waals surface area (Å²) in [7, 11) is 0. The largest absolute Gasteiger partial charge is 0.478 e. The molecule has 1 N–H and O–H groups in total. The predicted molar refractivity (Wildman–Crippen MR) is 96.9 cm³/mol. The molecule has 3 rings (SSSR count). The van der Waals surface area contributed by atoms with Crippen molar-refractivity contribution in [3.63, 3.8) is 0 Å². The van der Waals surface area contributed by atoms with Crippen LogP contribution >= 0.6 is 24.0 Å². The van der Waals surface area contributed by atoms with E-state index < -0.39 is 5.97 Å². The second-order valence-electron chi connectivity index (χ2n) is 4.77. The van der Waals surface area contributed by atoms with Gasteiger partial charge >= 0.3 is 5.97 Å². The number of amides is 1. The lowest BCUT2D eigenvalue weighted by atomic mass is 10.2. The Morgan fingerprint density at radius 2 is 2.00 bits per heavy atom. The van der Waals surface area contributed by atoms with Gasteiger partial charge in [0.05, 0.1) is 22.4 Å². The molecule has 5 nitrogen and oxygen atoms in total. The number of allylic oxidation sites excluding steroid dienone is 2. The fraction of sp³-hybridized carbons (Fsp3) is 0. The van der Waals surface area contributed by atoms with E-state index in [9.17, 15) is 9.59 Å². The number of benzene rings is 1. The third-order valence-electron chi connectivity index (χ3n) is 3.22. The van der Waals surface area contributed by atoms with Gasteiger partial charge in [-0.3, -0.25) is 9.69 Å². The molecule has 120 valence electrons. The number of anilines is 1. The molecule has 0 unspecified atom stereocenters. The van der Waals surface area contributed by atoms with Crippen LogP contribution < -0.4 is 4.90 Å². The Labute approximate surface area is 147 Å². The van der Waals surface area contributed by atoms with Gasteiger partial charge in [0.15, 0.2) is 4.32 Å². The van der Waals surface area contributed by atoms with Crippen LogP contribution in [0.1, 0.15) is 16.1 Å². The second-order valence-corrected chi connectivity index (χ2v) is 6.44. The van der Waals surface area contributed by atoms with Crippen LogP contribution in [0.2, 0.25) is 0 Å². The molecule has 1 aromatic carbocycles. The van der Waals surface area contributed by atoms with Crippen molar-refractivity contribution >= 4 is 51.9 Å². The summed E-state index contributed by atoms with van der Waals surface area (Å²) >= 11 is 6.45. The number of carbonyl (C=O) groups is 2. The minimum Gasteiger partial charge on any atom is -0.478 e. The quantitative estimate of drug-likeness (QED) is 0.660. The molecule has 7 heteroatoms. The summed E-state index contributed by atoms with van der Waals surface area (Å²) < 4.78 is 5.58. The van der Waals surface area contributed by atoms with Gasteiger partial charge in [0.1, 0.15) is 5.76 Å². The average Bonchev–Trinajstić information content (AvgIpc) is 3.16. The van der Waals surface area contributed by atoms with Gasteiger partial charge in [-0.25, -0.2) is 4.79 Å². The van der Waals surface area contributed by atoms with E-state index in [1.807, 2.05) is 0 Å². The van der Waals surface area contributed by atoms with E-state index in [0.717, 1.165) is 0 Å². The Morgan fingerprint density at radius 1 is 1.25 bits per heavy atom. The van der Waals surface area contributed by atoms with Crippen molar-refractivity contribution in [1.29, 1.82) is 0 Å². The van der Waals surface area contributed by atoms with Crippen LogP contribution in [0.25, 0.3) is 6.08 Å². The fourth-order valence-electron chi connectivity index (χ4n) is 2.07. The molecule has 24 heavy (non-hydrogen) atoms. The Morgan fingerprint density at radius 3 is 2.62 bits per heavy atom. The minimum atomic E-state index is -1.02. The lowest BCUT2D eigenvalue weighted by molar-refractivity contribution is -0.113. The molecule has 0 radical (unpaired) electrons. The summed E-state index contributed by atoms with van der Waals surface area (Å²) in [6.45, 7) is 0. The van der Waals surface area contributed by atoms with Gasteiger partial charge in [-0.05, 0) is 48.6 Å². The molecule has 0 spiro atoms. The van der Waals surface area contributed by atoms with Crippen molar-refractivity contribution in [2.75, 3.05) is 4.90 Å². The molecule has 1 aliphatic heterocycles. The first-order chi connectivity index (χ1) is 11.6. The van der Waals surface area contributed by atoms with Crippen molar-refractivity contribution < 1.29 is 19.1 Å². The highest BCUT2D eigenvalue weighted by molar-refractivity contribution is 8.27. The fourth-order valence-corrected chi connectivity index (χ4v) is 3.32. The first kappa shape index (κ1) is 16.2. The predicted octanol–water partition coefficient (Wildman–Crippen LogP) is 3.94. The van der Waals surface area contributed by atoms with Gasteiger partial charge in [0, 0.05) is 0 Å². The topological polar surface area (TPSA) is 70.8 Å². The Balaban J connectivity index is 1.80. The third kappa shape index (κ3) is 3.32. The Bertz CT molecular complexity index is 851. The summed E-state index contributed by atoms with van der Waals surface area (Å²) in [5, 5.41) is 8.93. The van der Waals surface area contributed by atoms with E-state index in [1.54, 1.807) is 48.8 Å². The first-order valence-corrected chi connectivity index (χ1v) is 8.10. The van der Waals surface area contributed by atoms with Crippen molar-refractivity contribution in [3.05, 3.63) is 71.0 Å². The van der Waals surface area contributed by atoms with Gasteiger partial charge in [-0.1, -0.05) is 30.1 Å². The molecular weight excluding hydrogens is 346 g/mol. The monoisotopic (exact) mass is 357 g/mol. The summed E-state index contributed by atoms with van der Waals surface area (Å²) in [6, 6.07) is 9.60. The molecule has 2 aromatic rings. The number of carboxylic acid groups (broad SMARTS) is 1. The van der Waals surface area contributed by atoms with Crippen molar-refractivity contribution in [1.82, 2.24) is 0 Å². The van der Waals surface area contributed by atoms with Crippen LogP contribution in [0.15, 0.2) is 64.1 Å². The highest BCUT2D eigenvalue weighted by Gasteiger charge is 2.32. The van der Waals surface area contributed by atoms with Gasteiger partial charge in [0.25, 0.3) is 5.91 Å². The molecule has 1 fully saturated rings. The highest BCUT2D eigenvalue weighted by Crippen LogP contribution is 2.34. The van der Waals surface area contributed by atoms with E-state index >= 15 is 0 Å². The lowest BCUT2D eigenvalue weighted by Gasteiger charge is -2.14. The van der Waals surface area contributed by atoms with E-state index in [2.05, 4.69) is 0 Å². The van der Waals surface area contributed by atoms with Crippen LogP contribution in [0.5, 0.6) is 0 Å². The summed E-state index contributed by atoms with van der Waals surface area (Å²) in [6.07, 6.45) is 6.71. The lowest BCUT2D eigenvalue weighted by Crippen LogP contribution is -2.27. The van der Waals surface area contributed by atoms with E-state index in [4.69, 9.17) is 21.7 Å².